The zero-order valence-electron chi connectivity index (χ0n) is 15.1. The summed E-state index contributed by atoms with van der Waals surface area (Å²) in [5.41, 5.74) is 0.906. The van der Waals surface area contributed by atoms with Crippen LogP contribution in [0.1, 0.15) is 18.4 Å². The minimum absolute atomic E-state index is 0.00689. The number of nitrogens with zero attached hydrogens (tertiary/aromatic N) is 2. The Labute approximate surface area is 154 Å². The highest BCUT2D eigenvalue weighted by molar-refractivity contribution is 7.89. The normalized spacial score (nSPS) is 21.7. The molecule has 2 aliphatic rings. The van der Waals surface area contributed by atoms with Crippen LogP contribution in [0.4, 0.5) is 0 Å². The van der Waals surface area contributed by atoms with E-state index >= 15 is 0 Å². The van der Waals surface area contributed by atoms with Crippen LogP contribution in [0.2, 0.25) is 0 Å². The highest BCUT2D eigenvalue weighted by atomic mass is 32.2. The van der Waals surface area contributed by atoms with Gasteiger partial charge >= 0.3 is 0 Å². The molecule has 1 amide bonds. The molecular formula is C18H26N2O5S. The van der Waals surface area contributed by atoms with Crippen LogP contribution in [0.15, 0.2) is 24.3 Å². The summed E-state index contributed by atoms with van der Waals surface area (Å²) in [6, 6.07) is 6.84. The molecule has 2 heterocycles. The zero-order valence-corrected chi connectivity index (χ0v) is 15.9. The van der Waals surface area contributed by atoms with Crippen molar-refractivity contribution < 1.29 is 22.7 Å². The Hall–Kier alpha value is -1.64. The summed E-state index contributed by atoms with van der Waals surface area (Å²) in [6.07, 6.45) is 1.71. The second-order valence-electron chi connectivity index (χ2n) is 6.62. The van der Waals surface area contributed by atoms with Gasteiger partial charge in [0.05, 0.1) is 26.1 Å². The van der Waals surface area contributed by atoms with E-state index in [1.807, 2.05) is 24.3 Å². The smallest absolute Gasteiger partial charge is 0.241 e. The molecule has 1 aromatic rings. The van der Waals surface area contributed by atoms with Crippen LogP contribution < -0.4 is 4.74 Å². The summed E-state index contributed by atoms with van der Waals surface area (Å²) in [5.74, 6) is 0.616. The van der Waals surface area contributed by atoms with E-state index in [2.05, 4.69) is 0 Å². The van der Waals surface area contributed by atoms with E-state index in [9.17, 15) is 13.2 Å². The molecule has 0 spiro atoms. The van der Waals surface area contributed by atoms with Crippen LogP contribution in [0.5, 0.6) is 5.75 Å². The number of rotatable bonds is 6. The third kappa shape index (κ3) is 4.36. The largest absolute Gasteiger partial charge is 0.497 e. The highest BCUT2D eigenvalue weighted by Crippen LogP contribution is 2.24. The minimum Gasteiger partial charge on any atom is -0.497 e. The van der Waals surface area contributed by atoms with E-state index < -0.39 is 16.1 Å². The Kier molecular flexibility index (Phi) is 6.16. The van der Waals surface area contributed by atoms with Gasteiger partial charge in [0.2, 0.25) is 15.9 Å². The number of sulfonamides is 1. The second-order valence-corrected chi connectivity index (χ2v) is 8.67. The third-order valence-corrected chi connectivity index (χ3v) is 6.82. The fourth-order valence-corrected chi connectivity index (χ4v) is 5.23. The van der Waals surface area contributed by atoms with Crippen molar-refractivity contribution in [3.05, 3.63) is 29.8 Å². The van der Waals surface area contributed by atoms with Gasteiger partial charge in [-0.05, 0) is 37.0 Å². The fourth-order valence-electron chi connectivity index (χ4n) is 3.51. The Morgan fingerprint density at radius 1 is 1.27 bits per heavy atom. The molecule has 2 saturated heterocycles. The molecule has 1 atom stereocenters. The number of aryl methyl sites for hydroxylation is 1. The number of methoxy groups -OCH3 is 1. The van der Waals surface area contributed by atoms with Crippen molar-refractivity contribution in [2.75, 3.05) is 45.7 Å². The summed E-state index contributed by atoms with van der Waals surface area (Å²) in [5, 5.41) is 0. The van der Waals surface area contributed by atoms with Gasteiger partial charge in [-0.25, -0.2) is 8.42 Å². The molecule has 0 radical (unpaired) electrons. The van der Waals surface area contributed by atoms with Gasteiger partial charge in [0, 0.05) is 19.6 Å². The predicted molar refractivity (Wildman–Crippen MR) is 97.6 cm³/mol. The van der Waals surface area contributed by atoms with Crippen molar-refractivity contribution in [3.8, 4) is 5.75 Å². The monoisotopic (exact) mass is 382 g/mol. The molecule has 3 rings (SSSR count). The van der Waals surface area contributed by atoms with Crippen molar-refractivity contribution in [2.24, 2.45) is 0 Å². The number of carbonyl (C=O) groups is 1. The van der Waals surface area contributed by atoms with E-state index in [-0.39, 0.29) is 11.7 Å². The standard InChI is InChI=1S/C18H26N2O5S/c1-24-16-5-2-4-15(14-16)7-13-26(22,23)20-8-3-6-17(20)18(21)19-9-11-25-12-10-19/h2,4-5,14,17H,3,6-13H2,1H3. The SMILES string of the molecule is COc1cccc(CCS(=O)(=O)N2CCCC2C(=O)N2CCOCC2)c1. The molecule has 0 bridgehead atoms. The average Bonchev–Trinajstić information content (AvgIpc) is 3.17. The number of benzene rings is 1. The fraction of sp³-hybridized carbons (Fsp3) is 0.611. The lowest BCUT2D eigenvalue weighted by atomic mass is 10.2. The number of morpholine rings is 1. The summed E-state index contributed by atoms with van der Waals surface area (Å²) < 4.78 is 37.6. The first-order valence-corrected chi connectivity index (χ1v) is 10.6. The molecule has 2 aliphatic heterocycles. The lowest BCUT2D eigenvalue weighted by Crippen LogP contribution is -2.51. The van der Waals surface area contributed by atoms with Gasteiger partial charge in [-0.1, -0.05) is 12.1 Å². The van der Waals surface area contributed by atoms with Crippen molar-refractivity contribution in [2.45, 2.75) is 25.3 Å². The molecule has 1 aromatic carbocycles. The molecule has 0 saturated carbocycles. The number of hydrogen-bond acceptors (Lipinski definition) is 5. The highest BCUT2D eigenvalue weighted by Gasteiger charge is 2.40. The van der Waals surface area contributed by atoms with Crippen molar-refractivity contribution in [1.82, 2.24) is 9.21 Å². The van der Waals surface area contributed by atoms with Gasteiger partial charge < -0.3 is 14.4 Å². The number of ether oxygens (including phenoxy) is 2. The van der Waals surface area contributed by atoms with Gasteiger partial charge in [0.1, 0.15) is 11.8 Å². The molecule has 8 heteroatoms. The zero-order chi connectivity index (χ0) is 18.6. The first kappa shape index (κ1) is 19.1. The summed E-state index contributed by atoms with van der Waals surface area (Å²) in [4.78, 5) is 14.5. The number of amides is 1. The van der Waals surface area contributed by atoms with Crippen LogP contribution >= 0.6 is 0 Å². The molecule has 0 aliphatic carbocycles. The molecule has 144 valence electrons. The molecular weight excluding hydrogens is 356 g/mol. The molecule has 7 nitrogen and oxygen atoms in total. The van der Waals surface area contributed by atoms with Gasteiger partial charge in [0.15, 0.2) is 0 Å². The van der Waals surface area contributed by atoms with Gasteiger partial charge in [-0.3, -0.25) is 4.79 Å². The van der Waals surface area contributed by atoms with Crippen LogP contribution in [-0.2, 0) is 26.0 Å². The third-order valence-electron chi connectivity index (χ3n) is 4.95. The van der Waals surface area contributed by atoms with Crippen LogP contribution in [0.25, 0.3) is 0 Å². The summed E-state index contributed by atoms with van der Waals surface area (Å²) in [6.45, 7) is 2.52. The Morgan fingerprint density at radius 2 is 2.04 bits per heavy atom. The van der Waals surface area contributed by atoms with E-state index in [1.165, 1.54) is 4.31 Å². The van der Waals surface area contributed by atoms with Crippen LogP contribution in [0.3, 0.4) is 0 Å². The van der Waals surface area contributed by atoms with E-state index in [0.717, 1.165) is 12.0 Å². The van der Waals surface area contributed by atoms with Crippen LogP contribution in [-0.4, -0.2) is 75.3 Å². The minimum atomic E-state index is -3.50. The lowest BCUT2D eigenvalue weighted by molar-refractivity contribution is -0.138. The Morgan fingerprint density at radius 3 is 2.77 bits per heavy atom. The summed E-state index contributed by atoms with van der Waals surface area (Å²) >= 11 is 0. The quantitative estimate of drug-likeness (QED) is 0.730. The lowest BCUT2D eigenvalue weighted by Gasteiger charge is -2.32. The molecule has 2 fully saturated rings. The van der Waals surface area contributed by atoms with Gasteiger partial charge in [0.25, 0.3) is 0 Å². The van der Waals surface area contributed by atoms with E-state index in [1.54, 1.807) is 12.0 Å². The van der Waals surface area contributed by atoms with E-state index in [4.69, 9.17) is 9.47 Å². The van der Waals surface area contributed by atoms with Crippen molar-refractivity contribution >= 4 is 15.9 Å². The maximum atomic E-state index is 12.9. The van der Waals surface area contributed by atoms with Crippen molar-refractivity contribution in [3.63, 3.8) is 0 Å². The molecule has 26 heavy (non-hydrogen) atoms. The Balaban J connectivity index is 1.65. The first-order valence-electron chi connectivity index (χ1n) is 9.00. The second kappa shape index (κ2) is 8.37. The Bertz CT molecular complexity index is 731. The number of hydrogen-bond donors (Lipinski definition) is 0. The predicted octanol–water partition coefficient (Wildman–Crippen LogP) is 0.891. The van der Waals surface area contributed by atoms with E-state index in [0.29, 0.717) is 51.4 Å². The number of carbonyl (C=O) groups excluding carboxylic acids is 1. The van der Waals surface area contributed by atoms with Gasteiger partial charge in [-0.15, -0.1) is 0 Å². The molecule has 0 N–H and O–H groups in total. The summed E-state index contributed by atoms with van der Waals surface area (Å²) in [7, 11) is -1.91. The molecule has 1 unspecified atom stereocenters. The maximum absolute atomic E-state index is 12.9. The van der Waals surface area contributed by atoms with Gasteiger partial charge in [-0.2, -0.15) is 4.31 Å². The topological polar surface area (TPSA) is 76.2 Å². The first-order chi connectivity index (χ1) is 12.5. The van der Waals surface area contributed by atoms with Crippen LogP contribution in [0, 0.1) is 0 Å². The molecule has 0 aromatic heterocycles. The average molecular weight is 382 g/mol. The maximum Gasteiger partial charge on any atom is 0.241 e. The van der Waals surface area contributed by atoms with Crippen molar-refractivity contribution in [1.29, 1.82) is 0 Å².